The Labute approximate surface area is 92.6 Å². The first-order valence-electron chi connectivity index (χ1n) is 5.69. The zero-order valence-corrected chi connectivity index (χ0v) is 9.92. The summed E-state index contributed by atoms with van der Waals surface area (Å²) in [5, 5.41) is 3.27. The Balaban J connectivity index is 2.43. The van der Waals surface area contributed by atoms with Crippen molar-refractivity contribution in [3.63, 3.8) is 0 Å². The molecule has 0 fully saturated rings. The standard InChI is InChI=1S/C13H21NO/c1-4-14-12-6-5-7-13(10-12)15-9-8-11(2)3/h5-7,10-11,14H,4,8-9H2,1-3H3. The van der Waals surface area contributed by atoms with Crippen molar-refractivity contribution in [3.8, 4) is 5.75 Å². The molecule has 0 spiro atoms. The summed E-state index contributed by atoms with van der Waals surface area (Å²) in [7, 11) is 0. The van der Waals surface area contributed by atoms with E-state index in [4.69, 9.17) is 4.74 Å². The summed E-state index contributed by atoms with van der Waals surface area (Å²) >= 11 is 0. The molecule has 1 aromatic carbocycles. The molecule has 0 unspecified atom stereocenters. The SMILES string of the molecule is CCNc1cccc(OCCC(C)C)c1. The van der Waals surface area contributed by atoms with Gasteiger partial charge in [0.15, 0.2) is 0 Å². The van der Waals surface area contributed by atoms with Crippen LogP contribution in [0.3, 0.4) is 0 Å². The molecule has 0 aliphatic heterocycles. The second-order valence-electron chi connectivity index (χ2n) is 4.09. The molecule has 0 aliphatic rings. The monoisotopic (exact) mass is 207 g/mol. The predicted octanol–water partition coefficient (Wildman–Crippen LogP) is 3.54. The molecule has 0 radical (unpaired) electrons. The van der Waals surface area contributed by atoms with Gasteiger partial charge in [0.25, 0.3) is 0 Å². The minimum atomic E-state index is 0.696. The average molecular weight is 207 g/mol. The van der Waals surface area contributed by atoms with Crippen LogP contribution in [0, 0.1) is 5.92 Å². The molecule has 0 aromatic heterocycles. The van der Waals surface area contributed by atoms with Gasteiger partial charge in [-0.1, -0.05) is 19.9 Å². The van der Waals surface area contributed by atoms with Crippen LogP contribution in [0.2, 0.25) is 0 Å². The Bertz CT molecular complexity index is 284. The number of ether oxygens (including phenoxy) is 1. The first kappa shape index (κ1) is 11.9. The summed E-state index contributed by atoms with van der Waals surface area (Å²) in [5.41, 5.74) is 1.12. The van der Waals surface area contributed by atoms with Crippen LogP contribution in [0.1, 0.15) is 27.2 Å². The van der Waals surface area contributed by atoms with Crippen molar-refractivity contribution >= 4 is 5.69 Å². The number of rotatable bonds is 6. The summed E-state index contributed by atoms with van der Waals surface area (Å²) in [6.45, 7) is 8.24. The van der Waals surface area contributed by atoms with E-state index >= 15 is 0 Å². The Hall–Kier alpha value is -1.18. The van der Waals surface area contributed by atoms with Gasteiger partial charge in [-0.05, 0) is 31.4 Å². The lowest BCUT2D eigenvalue weighted by Crippen LogP contribution is -2.02. The van der Waals surface area contributed by atoms with Gasteiger partial charge in [-0.3, -0.25) is 0 Å². The maximum Gasteiger partial charge on any atom is 0.121 e. The Morgan fingerprint density at radius 2 is 2.13 bits per heavy atom. The molecule has 1 N–H and O–H groups in total. The van der Waals surface area contributed by atoms with Crippen molar-refractivity contribution in [2.45, 2.75) is 27.2 Å². The lowest BCUT2D eigenvalue weighted by atomic mass is 10.1. The first-order chi connectivity index (χ1) is 7.22. The van der Waals surface area contributed by atoms with Gasteiger partial charge in [0, 0.05) is 18.3 Å². The zero-order chi connectivity index (χ0) is 11.1. The zero-order valence-electron chi connectivity index (χ0n) is 9.92. The molecule has 2 nitrogen and oxygen atoms in total. The quantitative estimate of drug-likeness (QED) is 0.770. The smallest absolute Gasteiger partial charge is 0.121 e. The molecule has 0 saturated carbocycles. The highest BCUT2D eigenvalue weighted by molar-refractivity contribution is 5.47. The van der Waals surface area contributed by atoms with Crippen molar-refractivity contribution in [2.24, 2.45) is 5.92 Å². The molecule has 1 aromatic rings. The predicted molar refractivity (Wildman–Crippen MR) is 65.6 cm³/mol. The fourth-order valence-corrected chi connectivity index (χ4v) is 1.31. The fraction of sp³-hybridized carbons (Fsp3) is 0.538. The lowest BCUT2D eigenvalue weighted by molar-refractivity contribution is 0.289. The van der Waals surface area contributed by atoms with E-state index in [1.165, 1.54) is 0 Å². The fourth-order valence-electron chi connectivity index (χ4n) is 1.31. The minimum Gasteiger partial charge on any atom is -0.494 e. The van der Waals surface area contributed by atoms with Crippen LogP contribution >= 0.6 is 0 Å². The molecule has 0 saturated heterocycles. The van der Waals surface area contributed by atoms with Gasteiger partial charge in [-0.2, -0.15) is 0 Å². The van der Waals surface area contributed by atoms with Gasteiger partial charge in [-0.15, -0.1) is 0 Å². The van der Waals surface area contributed by atoms with Crippen LogP contribution in [-0.4, -0.2) is 13.2 Å². The molecule has 0 amide bonds. The van der Waals surface area contributed by atoms with Gasteiger partial charge in [0.2, 0.25) is 0 Å². The van der Waals surface area contributed by atoms with E-state index in [-0.39, 0.29) is 0 Å². The molecule has 1 rings (SSSR count). The van der Waals surface area contributed by atoms with Crippen LogP contribution in [0.25, 0.3) is 0 Å². The van der Waals surface area contributed by atoms with Crippen molar-refractivity contribution in [1.29, 1.82) is 0 Å². The van der Waals surface area contributed by atoms with Gasteiger partial charge in [0.05, 0.1) is 6.61 Å². The maximum atomic E-state index is 5.66. The van der Waals surface area contributed by atoms with E-state index in [2.05, 4.69) is 32.2 Å². The third-order valence-corrected chi connectivity index (χ3v) is 2.18. The van der Waals surface area contributed by atoms with E-state index in [1.54, 1.807) is 0 Å². The second-order valence-corrected chi connectivity index (χ2v) is 4.09. The van der Waals surface area contributed by atoms with Crippen LogP contribution in [0.5, 0.6) is 5.75 Å². The Kier molecular flexibility index (Phi) is 5.02. The number of hydrogen-bond acceptors (Lipinski definition) is 2. The molecular weight excluding hydrogens is 186 g/mol. The summed E-state index contributed by atoms with van der Waals surface area (Å²) in [5.74, 6) is 1.65. The van der Waals surface area contributed by atoms with Crippen molar-refractivity contribution in [3.05, 3.63) is 24.3 Å². The molecule has 0 bridgehead atoms. The van der Waals surface area contributed by atoms with Crippen LogP contribution in [0.4, 0.5) is 5.69 Å². The maximum absolute atomic E-state index is 5.66. The van der Waals surface area contributed by atoms with Crippen molar-refractivity contribution in [1.82, 2.24) is 0 Å². The molecule has 0 heterocycles. The van der Waals surface area contributed by atoms with Gasteiger partial charge >= 0.3 is 0 Å². The van der Waals surface area contributed by atoms with Gasteiger partial charge in [-0.25, -0.2) is 0 Å². The molecule has 84 valence electrons. The highest BCUT2D eigenvalue weighted by Crippen LogP contribution is 2.17. The summed E-state index contributed by atoms with van der Waals surface area (Å²) in [6.07, 6.45) is 1.10. The number of benzene rings is 1. The van der Waals surface area contributed by atoms with Crippen LogP contribution < -0.4 is 10.1 Å². The minimum absolute atomic E-state index is 0.696. The van der Waals surface area contributed by atoms with Crippen LogP contribution in [-0.2, 0) is 0 Å². The summed E-state index contributed by atoms with van der Waals surface area (Å²) < 4.78 is 5.66. The normalized spacial score (nSPS) is 10.4. The molecule has 0 atom stereocenters. The molecular formula is C13H21NO. The third-order valence-electron chi connectivity index (χ3n) is 2.18. The van der Waals surface area contributed by atoms with Crippen LogP contribution in [0.15, 0.2) is 24.3 Å². The molecule has 0 aliphatic carbocycles. The third kappa shape index (κ3) is 4.73. The number of anilines is 1. The van der Waals surface area contributed by atoms with E-state index in [1.807, 2.05) is 18.2 Å². The topological polar surface area (TPSA) is 21.3 Å². The van der Waals surface area contributed by atoms with Gasteiger partial charge < -0.3 is 10.1 Å². The summed E-state index contributed by atoms with van der Waals surface area (Å²) in [6, 6.07) is 8.12. The lowest BCUT2D eigenvalue weighted by Gasteiger charge is -2.09. The second kappa shape index (κ2) is 6.33. The Morgan fingerprint density at radius 1 is 1.33 bits per heavy atom. The largest absolute Gasteiger partial charge is 0.494 e. The van der Waals surface area contributed by atoms with E-state index < -0.39 is 0 Å². The average Bonchev–Trinajstić information content (AvgIpc) is 2.18. The highest BCUT2D eigenvalue weighted by Gasteiger charge is 1.97. The number of hydrogen-bond donors (Lipinski definition) is 1. The molecule has 2 heteroatoms. The first-order valence-corrected chi connectivity index (χ1v) is 5.69. The number of nitrogens with one attached hydrogen (secondary N) is 1. The summed E-state index contributed by atoms with van der Waals surface area (Å²) in [4.78, 5) is 0. The van der Waals surface area contributed by atoms with Crippen molar-refractivity contribution in [2.75, 3.05) is 18.5 Å². The van der Waals surface area contributed by atoms with E-state index in [0.717, 1.165) is 31.0 Å². The Morgan fingerprint density at radius 3 is 2.80 bits per heavy atom. The van der Waals surface area contributed by atoms with E-state index in [0.29, 0.717) is 5.92 Å². The molecule has 15 heavy (non-hydrogen) atoms. The van der Waals surface area contributed by atoms with Gasteiger partial charge in [0.1, 0.15) is 5.75 Å². The highest BCUT2D eigenvalue weighted by atomic mass is 16.5. The van der Waals surface area contributed by atoms with Crippen molar-refractivity contribution < 1.29 is 4.74 Å². The van der Waals surface area contributed by atoms with E-state index in [9.17, 15) is 0 Å².